The molecule has 3 heterocycles. The number of nitrogens with zero attached hydrogens (tertiary/aromatic N) is 2. The Balaban J connectivity index is 1.06. The highest BCUT2D eigenvalue weighted by molar-refractivity contribution is 8.09. The highest BCUT2D eigenvalue weighted by Gasteiger charge is 2.43. The van der Waals surface area contributed by atoms with Crippen molar-refractivity contribution in [1.82, 2.24) is 0 Å². The summed E-state index contributed by atoms with van der Waals surface area (Å²) in [6, 6.07) is 49.8. The van der Waals surface area contributed by atoms with Gasteiger partial charge >= 0.3 is 5.97 Å². The van der Waals surface area contributed by atoms with Crippen molar-refractivity contribution in [2.24, 2.45) is 5.92 Å². The van der Waals surface area contributed by atoms with E-state index in [4.69, 9.17) is 0 Å². The summed E-state index contributed by atoms with van der Waals surface area (Å²) in [5.74, 6) is -0.777. The van der Waals surface area contributed by atoms with Crippen LogP contribution in [-0.2, 0) is 28.5 Å². The van der Waals surface area contributed by atoms with Crippen molar-refractivity contribution in [2.45, 2.75) is 219 Å². The number of carboxylic acid groups (broad SMARTS) is 1. The predicted octanol–water partition coefficient (Wildman–Crippen LogP) is 24.7. The van der Waals surface area contributed by atoms with Crippen LogP contribution < -0.4 is 4.90 Å². The molecule has 86 heavy (non-hydrogen) atoms. The van der Waals surface area contributed by atoms with Gasteiger partial charge in [-0.3, -0.25) is 0 Å². The SMILES string of the molecule is CCCCCCc1cc(-c2sc(/C=C(\C#N)C(=O)O)cc2CCCCCC)sc1C1=CC(CCCCCC)C(c2ccc(N(c3ccc4c(c3)C(C)(CCCC)c3ccccc3-4)c3ccc4c(c3)C(CCCC)(CCCC)c3ccccc3-4)cc2)S1. The van der Waals surface area contributed by atoms with Crippen LogP contribution in [-0.4, -0.2) is 11.1 Å². The van der Waals surface area contributed by atoms with Crippen molar-refractivity contribution in [3.63, 3.8) is 0 Å². The van der Waals surface area contributed by atoms with Crippen LogP contribution in [0.4, 0.5) is 17.1 Å². The zero-order chi connectivity index (χ0) is 60.2. The Kier molecular flexibility index (Phi) is 21.6. The van der Waals surface area contributed by atoms with Crippen molar-refractivity contribution >= 4 is 68.4 Å². The number of nitriles is 1. The maximum atomic E-state index is 12.1. The molecule has 3 aliphatic rings. The zero-order valence-corrected chi connectivity index (χ0v) is 55.3. The summed E-state index contributed by atoms with van der Waals surface area (Å²) >= 11 is 5.68. The molecular weight excluding hydrogens is 1110 g/mol. The molecular formula is C79H94N2O2S3. The Bertz CT molecular complexity index is 3540. The third-order valence-corrected chi connectivity index (χ3v) is 23.4. The fourth-order valence-corrected chi connectivity index (χ4v) is 18.8. The smallest absolute Gasteiger partial charge is 0.346 e. The number of hydrogen-bond acceptors (Lipinski definition) is 6. The fourth-order valence-electron chi connectivity index (χ4n) is 14.6. The van der Waals surface area contributed by atoms with Crippen LogP contribution >= 0.6 is 34.4 Å². The number of thiophene rings is 2. The number of unbranched alkanes of at least 4 members (excludes halogenated alkanes) is 12. The molecule has 7 aromatic rings. The molecule has 450 valence electrons. The van der Waals surface area contributed by atoms with Gasteiger partial charge in [-0.05, 0) is 173 Å². The molecule has 1 N–H and O–H groups in total. The summed E-state index contributed by atoms with van der Waals surface area (Å²) in [5, 5.41) is 19.9. The van der Waals surface area contributed by atoms with Crippen LogP contribution in [0, 0.1) is 17.2 Å². The van der Waals surface area contributed by atoms with Crippen LogP contribution in [0.25, 0.3) is 43.0 Å². The molecule has 2 aromatic heterocycles. The van der Waals surface area contributed by atoms with Crippen LogP contribution in [0.15, 0.2) is 133 Å². The van der Waals surface area contributed by atoms with Gasteiger partial charge in [-0.25, -0.2) is 4.79 Å². The topological polar surface area (TPSA) is 64.3 Å². The molecule has 3 unspecified atom stereocenters. The Hall–Kier alpha value is -5.91. The van der Waals surface area contributed by atoms with Crippen molar-refractivity contribution in [2.75, 3.05) is 4.90 Å². The normalized spacial score (nSPS) is 17.3. The minimum absolute atomic E-state index is 0.0261. The number of benzene rings is 5. The second-order valence-corrected chi connectivity index (χ2v) is 28.7. The number of carbonyl (C=O) groups is 1. The number of allylic oxidation sites excluding steroid dienone is 1. The molecule has 4 nitrogen and oxygen atoms in total. The minimum atomic E-state index is -1.18. The van der Waals surface area contributed by atoms with Crippen molar-refractivity contribution in [3.8, 4) is 38.1 Å². The van der Waals surface area contributed by atoms with Gasteiger partial charge in [0.2, 0.25) is 0 Å². The van der Waals surface area contributed by atoms with Crippen molar-refractivity contribution in [1.29, 1.82) is 5.26 Å². The first-order valence-corrected chi connectivity index (χ1v) is 35.9. The Morgan fingerprint density at radius 3 is 1.71 bits per heavy atom. The standard InChI is InChI=1S/C79H94N2O2S3/c1-8-14-20-23-30-56-48-63(49-59(54-80)77(82)83)84-75(56)72-51-58(32-25-22-16-10-3)76(86-72)73-50-57(31-24-21-15-9-2)74(85-73)55-37-39-60(40-38-55)81(61-41-43-66-64-33-26-28-35-68(64)78(7,45-17-11-4)70(66)52-61)62-42-44-67-65-34-27-29-36-69(65)79(46-18-12-5,47-19-13-6)71(67)53-62/h26-29,33-44,48-53,57,74H,8-25,30-32,45-47H2,1-7H3,(H,82,83)/b59-49+. The van der Waals surface area contributed by atoms with E-state index < -0.39 is 5.97 Å². The van der Waals surface area contributed by atoms with E-state index in [1.165, 1.54) is 201 Å². The average molecular weight is 1200 g/mol. The van der Waals surface area contributed by atoms with Gasteiger partial charge in [-0.1, -0.05) is 230 Å². The highest BCUT2D eigenvalue weighted by Crippen LogP contribution is 2.59. The number of hydrogen-bond donors (Lipinski definition) is 1. The zero-order valence-electron chi connectivity index (χ0n) is 52.8. The van der Waals surface area contributed by atoms with Gasteiger partial charge in [-0.15, -0.1) is 34.4 Å². The quantitative estimate of drug-likeness (QED) is 0.0259. The fraction of sp³-hybridized carbons (Fsp3) is 0.443. The van der Waals surface area contributed by atoms with Crippen LogP contribution in [0.3, 0.4) is 0 Å². The largest absolute Gasteiger partial charge is 0.477 e. The number of anilines is 3. The highest BCUT2D eigenvalue weighted by atomic mass is 32.2. The summed E-state index contributed by atoms with van der Waals surface area (Å²) in [6.45, 7) is 16.4. The van der Waals surface area contributed by atoms with Gasteiger partial charge < -0.3 is 10.0 Å². The summed E-state index contributed by atoms with van der Waals surface area (Å²) in [6.07, 6.45) is 32.4. The monoisotopic (exact) mass is 1200 g/mol. The first kappa shape index (κ1) is 63.1. The van der Waals surface area contributed by atoms with E-state index in [2.05, 4.69) is 193 Å². The lowest BCUT2D eigenvalue weighted by molar-refractivity contribution is -0.132. The Morgan fingerprint density at radius 1 is 0.558 bits per heavy atom. The van der Waals surface area contributed by atoms with E-state index in [1.54, 1.807) is 17.4 Å². The molecule has 7 heteroatoms. The van der Waals surface area contributed by atoms with E-state index in [-0.39, 0.29) is 21.7 Å². The minimum Gasteiger partial charge on any atom is -0.477 e. The number of fused-ring (bicyclic) bond motifs is 6. The Morgan fingerprint density at radius 2 is 1.09 bits per heavy atom. The molecule has 0 radical (unpaired) electrons. The third kappa shape index (κ3) is 13.3. The molecule has 0 spiro atoms. The number of aliphatic carboxylic acids is 1. The van der Waals surface area contributed by atoms with Gasteiger partial charge in [0.05, 0.1) is 0 Å². The molecule has 2 aliphatic carbocycles. The summed E-state index contributed by atoms with van der Waals surface area (Å²) in [5.41, 5.74) is 18.9. The second kappa shape index (κ2) is 29.4. The van der Waals surface area contributed by atoms with E-state index in [9.17, 15) is 15.2 Å². The number of rotatable bonds is 32. The lowest BCUT2D eigenvalue weighted by atomic mass is 9.71. The van der Waals surface area contributed by atoms with Crippen molar-refractivity contribution in [3.05, 3.63) is 182 Å². The van der Waals surface area contributed by atoms with Crippen molar-refractivity contribution < 1.29 is 9.90 Å². The molecule has 1 aliphatic heterocycles. The molecule has 10 rings (SSSR count). The third-order valence-electron chi connectivity index (χ3n) is 19.3. The van der Waals surface area contributed by atoms with Gasteiger partial charge in [0.25, 0.3) is 0 Å². The molecule has 3 atom stereocenters. The lowest BCUT2D eigenvalue weighted by Crippen LogP contribution is -2.26. The summed E-state index contributed by atoms with van der Waals surface area (Å²) in [4.78, 5) is 20.8. The van der Waals surface area contributed by atoms with Gasteiger partial charge in [0.15, 0.2) is 0 Å². The number of thioether (sulfide) groups is 1. The molecule has 0 fully saturated rings. The number of aryl methyl sites for hydroxylation is 2. The number of carboxylic acids is 1. The average Bonchev–Trinajstić information content (AvgIpc) is 2.01. The molecule has 0 bridgehead atoms. The van der Waals surface area contributed by atoms with Crippen LogP contribution in [0.5, 0.6) is 0 Å². The summed E-state index contributed by atoms with van der Waals surface area (Å²) < 4.78 is 0. The van der Waals surface area contributed by atoms with Gasteiger partial charge in [0, 0.05) is 57.6 Å². The Labute approximate surface area is 529 Å². The molecule has 0 saturated heterocycles. The van der Waals surface area contributed by atoms with E-state index >= 15 is 0 Å². The summed E-state index contributed by atoms with van der Waals surface area (Å²) in [7, 11) is 0. The van der Waals surface area contributed by atoms with E-state index in [0.29, 0.717) is 5.92 Å². The first-order valence-electron chi connectivity index (χ1n) is 33.4. The van der Waals surface area contributed by atoms with E-state index in [1.807, 2.05) is 17.4 Å². The molecule has 0 saturated carbocycles. The van der Waals surface area contributed by atoms with E-state index in [0.717, 1.165) is 56.2 Å². The van der Waals surface area contributed by atoms with Crippen LogP contribution in [0.1, 0.15) is 244 Å². The first-order chi connectivity index (χ1) is 42.0. The predicted molar refractivity (Wildman–Crippen MR) is 373 cm³/mol. The second-order valence-electron chi connectivity index (χ2n) is 25.3. The van der Waals surface area contributed by atoms with Gasteiger partial charge in [-0.2, -0.15) is 5.26 Å². The molecule has 0 amide bonds. The molecule has 5 aromatic carbocycles. The maximum Gasteiger partial charge on any atom is 0.346 e. The lowest BCUT2D eigenvalue weighted by Gasteiger charge is -2.34. The maximum absolute atomic E-state index is 12.1. The van der Waals surface area contributed by atoms with Gasteiger partial charge in [0.1, 0.15) is 11.6 Å². The van der Waals surface area contributed by atoms with Crippen LogP contribution in [0.2, 0.25) is 0 Å².